The zero-order valence-corrected chi connectivity index (χ0v) is 21.9. The summed E-state index contributed by atoms with van der Waals surface area (Å²) in [6.07, 6.45) is 3.38. The van der Waals surface area contributed by atoms with Crippen molar-refractivity contribution in [3.8, 4) is 0 Å². The maximum atomic E-state index is 13.1. The number of hydrogen-bond donors (Lipinski definition) is 2. The Hall–Kier alpha value is -2.15. The number of primary amides is 1. The van der Waals surface area contributed by atoms with Crippen LogP contribution in [0.1, 0.15) is 60.6 Å². The highest BCUT2D eigenvalue weighted by Crippen LogP contribution is 2.37. The molecule has 0 aliphatic heterocycles. The topological polar surface area (TPSA) is 140 Å². The van der Waals surface area contributed by atoms with Gasteiger partial charge in [-0.3, -0.25) is 19.3 Å². The van der Waals surface area contributed by atoms with Crippen LogP contribution in [0, 0.1) is 6.92 Å². The average molecular weight is 560 g/mol. The number of sulfonamides is 1. The van der Waals surface area contributed by atoms with Crippen LogP contribution in [0.15, 0.2) is 22.0 Å². The summed E-state index contributed by atoms with van der Waals surface area (Å²) in [7, 11) is -3.46. The van der Waals surface area contributed by atoms with Crippen LogP contribution in [0.5, 0.6) is 0 Å². The maximum Gasteiger partial charge on any atom is 0.242 e. The Kier molecular flexibility index (Phi) is 9.70. The standard InChI is InChI=1S/C21H27BrN4O5S2/c1-4-5-6-7-17(27)14-10-13(2)8-9-16(14)26(19(29)11-18(23)28)21-25-15(20(22)32-21)12-24-33(3,30)31/h8-10,24H,4-7,11-12H2,1-3H3,(H2,23,28). The number of unbranched alkanes of at least 4 members (excludes halogenated alkanes) is 2. The first-order chi connectivity index (χ1) is 15.4. The number of carbonyl (C=O) groups is 3. The third-order valence-corrected chi connectivity index (χ3v) is 7.09. The monoisotopic (exact) mass is 558 g/mol. The summed E-state index contributed by atoms with van der Waals surface area (Å²) in [5.74, 6) is -1.58. The van der Waals surface area contributed by atoms with Crippen LogP contribution in [0.25, 0.3) is 0 Å². The molecule has 12 heteroatoms. The Bertz CT molecular complexity index is 1150. The number of nitrogens with two attached hydrogens (primary N) is 1. The van der Waals surface area contributed by atoms with Gasteiger partial charge >= 0.3 is 0 Å². The number of Topliss-reactive ketones (excluding diaryl/α,β-unsaturated/α-hetero) is 1. The minimum atomic E-state index is -3.46. The highest BCUT2D eigenvalue weighted by Gasteiger charge is 2.28. The van der Waals surface area contributed by atoms with Crippen molar-refractivity contribution < 1.29 is 22.8 Å². The van der Waals surface area contributed by atoms with Crippen LogP contribution in [0.4, 0.5) is 10.8 Å². The van der Waals surface area contributed by atoms with E-state index in [1.54, 1.807) is 18.2 Å². The van der Waals surface area contributed by atoms with Crippen molar-refractivity contribution in [2.45, 2.75) is 52.5 Å². The van der Waals surface area contributed by atoms with E-state index in [1.807, 2.05) is 13.8 Å². The van der Waals surface area contributed by atoms with E-state index in [0.29, 0.717) is 27.2 Å². The van der Waals surface area contributed by atoms with E-state index in [2.05, 4.69) is 25.6 Å². The normalized spacial score (nSPS) is 11.4. The van der Waals surface area contributed by atoms with Gasteiger partial charge in [0.15, 0.2) is 10.9 Å². The van der Waals surface area contributed by atoms with E-state index in [1.165, 1.54) is 4.90 Å². The molecule has 0 aliphatic carbocycles. The quantitative estimate of drug-likeness (QED) is 0.232. The molecule has 3 N–H and O–H groups in total. The van der Waals surface area contributed by atoms with Gasteiger partial charge in [0.2, 0.25) is 21.8 Å². The predicted molar refractivity (Wildman–Crippen MR) is 132 cm³/mol. The zero-order chi connectivity index (χ0) is 24.8. The number of ketones is 1. The Morgan fingerprint density at radius 2 is 1.94 bits per heavy atom. The number of carbonyl (C=O) groups excluding carboxylic acids is 3. The molecule has 2 amide bonds. The predicted octanol–water partition coefficient (Wildman–Crippen LogP) is 3.57. The lowest BCUT2D eigenvalue weighted by Gasteiger charge is -2.22. The summed E-state index contributed by atoms with van der Waals surface area (Å²) in [4.78, 5) is 43.2. The molecule has 0 spiro atoms. The third-order valence-electron chi connectivity index (χ3n) is 4.61. The first kappa shape index (κ1) is 27.1. The number of anilines is 2. The number of rotatable bonds is 12. The van der Waals surface area contributed by atoms with E-state index in [4.69, 9.17) is 5.73 Å². The van der Waals surface area contributed by atoms with Gasteiger partial charge in [0.1, 0.15) is 6.42 Å². The van der Waals surface area contributed by atoms with Crippen LogP contribution in [0.2, 0.25) is 0 Å². The zero-order valence-electron chi connectivity index (χ0n) is 18.7. The average Bonchev–Trinajstić information content (AvgIpc) is 3.06. The molecule has 2 aromatic rings. The van der Waals surface area contributed by atoms with Crippen LogP contribution in [-0.4, -0.2) is 37.3 Å². The molecule has 0 bridgehead atoms. The van der Waals surface area contributed by atoms with E-state index < -0.39 is 28.3 Å². The van der Waals surface area contributed by atoms with Crippen LogP contribution < -0.4 is 15.4 Å². The van der Waals surface area contributed by atoms with E-state index >= 15 is 0 Å². The minimum absolute atomic E-state index is 0.0928. The summed E-state index contributed by atoms with van der Waals surface area (Å²) < 4.78 is 25.8. The second-order valence-corrected chi connectivity index (χ2v) is 11.7. The molecule has 0 fully saturated rings. The molecule has 9 nitrogen and oxygen atoms in total. The first-order valence-corrected chi connectivity index (χ1v) is 13.8. The van der Waals surface area contributed by atoms with Crippen molar-refractivity contribution in [3.05, 3.63) is 38.8 Å². The van der Waals surface area contributed by atoms with E-state index in [-0.39, 0.29) is 17.5 Å². The molecule has 0 unspecified atom stereocenters. The van der Waals surface area contributed by atoms with Crippen molar-refractivity contribution in [2.75, 3.05) is 11.2 Å². The number of hydrogen-bond acceptors (Lipinski definition) is 7. The summed E-state index contributed by atoms with van der Waals surface area (Å²) >= 11 is 4.43. The lowest BCUT2D eigenvalue weighted by Crippen LogP contribution is -2.31. The van der Waals surface area contributed by atoms with Crippen molar-refractivity contribution in [3.63, 3.8) is 0 Å². The molecule has 2 rings (SSSR count). The van der Waals surface area contributed by atoms with Gasteiger partial charge in [0, 0.05) is 12.0 Å². The molecule has 1 aromatic carbocycles. The first-order valence-electron chi connectivity index (χ1n) is 10.3. The highest BCUT2D eigenvalue weighted by atomic mass is 79.9. The van der Waals surface area contributed by atoms with Gasteiger partial charge in [-0.15, -0.1) is 0 Å². The van der Waals surface area contributed by atoms with Crippen molar-refractivity contribution >= 4 is 65.7 Å². The van der Waals surface area contributed by atoms with Gasteiger partial charge in [-0.2, -0.15) is 0 Å². The van der Waals surface area contributed by atoms with Gasteiger partial charge < -0.3 is 5.73 Å². The number of nitrogens with one attached hydrogen (secondary N) is 1. The number of halogens is 1. The molecule has 0 radical (unpaired) electrons. The third kappa shape index (κ3) is 7.98. The SMILES string of the molecule is CCCCCC(=O)c1cc(C)ccc1N(C(=O)CC(N)=O)c1nc(CNS(C)(=O)=O)c(Br)s1. The van der Waals surface area contributed by atoms with E-state index in [9.17, 15) is 22.8 Å². The van der Waals surface area contributed by atoms with Gasteiger partial charge in [0.25, 0.3) is 0 Å². The Balaban J connectivity index is 2.55. The molecule has 0 atom stereocenters. The molecular formula is C21H27BrN4O5S2. The molecule has 180 valence electrons. The van der Waals surface area contributed by atoms with Crippen molar-refractivity contribution in [1.29, 1.82) is 0 Å². The Morgan fingerprint density at radius 1 is 1.24 bits per heavy atom. The summed E-state index contributed by atoms with van der Waals surface area (Å²) in [5.41, 5.74) is 7.13. The molecule has 0 saturated heterocycles. The molecule has 1 heterocycles. The largest absolute Gasteiger partial charge is 0.369 e. The van der Waals surface area contributed by atoms with Crippen molar-refractivity contribution in [2.24, 2.45) is 5.73 Å². The maximum absolute atomic E-state index is 13.1. The highest BCUT2D eigenvalue weighted by molar-refractivity contribution is 9.11. The van der Waals surface area contributed by atoms with E-state index in [0.717, 1.165) is 42.4 Å². The lowest BCUT2D eigenvalue weighted by molar-refractivity contribution is -0.125. The Labute approximate surface area is 205 Å². The number of aromatic nitrogens is 1. The summed E-state index contributed by atoms with van der Waals surface area (Å²) in [6.45, 7) is 3.80. The van der Waals surface area contributed by atoms with Gasteiger partial charge in [-0.1, -0.05) is 42.7 Å². The number of amides is 2. The summed E-state index contributed by atoms with van der Waals surface area (Å²) in [5, 5.41) is 0.185. The Morgan fingerprint density at radius 3 is 2.55 bits per heavy atom. The van der Waals surface area contributed by atoms with Crippen LogP contribution in [0.3, 0.4) is 0 Å². The van der Waals surface area contributed by atoms with Crippen LogP contribution >= 0.6 is 27.3 Å². The van der Waals surface area contributed by atoms with Gasteiger partial charge in [-0.05, 0) is 41.4 Å². The van der Waals surface area contributed by atoms with Gasteiger partial charge in [0.05, 0.1) is 28.0 Å². The number of thiazole rings is 1. The fourth-order valence-electron chi connectivity index (χ4n) is 3.04. The molecule has 1 aromatic heterocycles. The van der Waals surface area contributed by atoms with Crippen LogP contribution in [-0.2, 0) is 26.2 Å². The number of benzene rings is 1. The molecule has 0 aliphatic rings. The molecule has 0 saturated carbocycles. The second kappa shape index (κ2) is 11.8. The molecular weight excluding hydrogens is 532 g/mol. The molecule has 33 heavy (non-hydrogen) atoms. The van der Waals surface area contributed by atoms with Gasteiger partial charge in [-0.25, -0.2) is 18.1 Å². The lowest BCUT2D eigenvalue weighted by atomic mass is 10.00. The smallest absolute Gasteiger partial charge is 0.242 e. The summed E-state index contributed by atoms with van der Waals surface area (Å²) in [6, 6.07) is 5.12. The number of aryl methyl sites for hydroxylation is 1. The fourth-order valence-corrected chi connectivity index (χ4v) is 4.94. The minimum Gasteiger partial charge on any atom is -0.369 e. The fraction of sp³-hybridized carbons (Fsp3) is 0.429. The number of nitrogens with zero attached hydrogens (tertiary/aromatic N) is 2. The second-order valence-electron chi connectivity index (χ2n) is 7.58. The van der Waals surface area contributed by atoms with Crippen molar-refractivity contribution in [1.82, 2.24) is 9.71 Å².